The minimum absolute atomic E-state index is 0.00116. The van der Waals surface area contributed by atoms with Gasteiger partial charge in [-0.25, -0.2) is 8.42 Å². The largest absolute Gasteiger partial charge is 0.497 e. The van der Waals surface area contributed by atoms with Gasteiger partial charge in [0.25, 0.3) is 11.8 Å². The third-order valence-electron chi connectivity index (χ3n) is 4.90. The lowest BCUT2D eigenvalue weighted by atomic mass is 10.1. The molecule has 2 aromatic rings. The molecule has 9 heteroatoms. The number of nitrogens with one attached hydrogen (secondary N) is 1. The maximum atomic E-state index is 12.6. The van der Waals surface area contributed by atoms with E-state index in [9.17, 15) is 18.0 Å². The van der Waals surface area contributed by atoms with Crippen molar-refractivity contribution >= 4 is 27.3 Å². The lowest BCUT2D eigenvalue weighted by molar-refractivity contribution is -0.118. The van der Waals surface area contributed by atoms with Crippen LogP contribution in [0.2, 0.25) is 0 Å². The number of hydrogen-bond donors (Lipinski definition) is 1. The van der Waals surface area contributed by atoms with Crippen molar-refractivity contribution in [1.29, 1.82) is 0 Å². The molecule has 2 amide bonds. The van der Waals surface area contributed by atoms with E-state index in [0.29, 0.717) is 29.2 Å². The van der Waals surface area contributed by atoms with Gasteiger partial charge in [-0.15, -0.1) is 0 Å². The Bertz CT molecular complexity index is 1020. The van der Waals surface area contributed by atoms with E-state index in [1.54, 1.807) is 62.7 Å². The standard InChI is InChI=1S/C21H24N2O6S/c1-23(17-10-11-30(26,27)14-17)21(25)15-6-8-18(9-7-15)29-13-20(24)22-16-4-3-5-19(12-16)28-2/h3-9,12,17H,10-11,13-14H2,1-2H3,(H,22,24)/t17-/m1/s1. The topological polar surface area (TPSA) is 102 Å². The fourth-order valence-electron chi connectivity index (χ4n) is 3.19. The molecule has 0 aromatic heterocycles. The quantitative estimate of drug-likeness (QED) is 0.718. The van der Waals surface area contributed by atoms with E-state index in [1.165, 1.54) is 4.90 Å². The minimum atomic E-state index is -3.06. The summed E-state index contributed by atoms with van der Waals surface area (Å²) in [4.78, 5) is 26.1. The molecule has 0 saturated carbocycles. The summed E-state index contributed by atoms with van der Waals surface area (Å²) in [7, 11) is 0.0959. The number of ether oxygens (including phenoxy) is 2. The van der Waals surface area contributed by atoms with E-state index in [0.717, 1.165) is 0 Å². The molecule has 2 aromatic carbocycles. The molecule has 0 unspecified atom stereocenters. The van der Waals surface area contributed by atoms with E-state index in [1.807, 2.05) is 0 Å². The van der Waals surface area contributed by atoms with Crippen molar-refractivity contribution in [3.63, 3.8) is 0 Å². The Labute approximate surface area is 175 Å². The van der Waals surface area contributed by atoms with Gasteiger partial charge in [0, 0.05) is 30.4 Å². The van der Waals surface area contributed by atoms with Gasteiger partial charge in [0.15, 0.2) is 16.4 Å². The molecule has 1 aliphatic heterocycles. The molecular weight excluding hydrogens is 408 g/mol. The normalized spacial score (nSPS) is 17.2. The third-order valence-corrected chi connectivity index (χ3v) is 6.65. The summed E-state index contributed by atoms with van der Waals surface area (Å²) in [6.45, 7) is -0.190. The molecule has 1 atom stereocenters. The van der Waals surface area contributed by atoms with Gasteiger partial charge in [-0.05, 0) is 42.8 Å². The monoisotopic (exact) mass is 432 g/mol. The van der Waals surface area contributed by atoms with Gasteiger partial charge >= 0.3 is 0 Å². The Morgan fingerprint density at radius 3 is 2.50 bits per heavy atom. The van der Waals surface area contributed by atoms with E-state index in [4.69, 9.17) is 9.47 Å². The van der Waals surface area contributed by atoms with Crippen molar-refractivity contribution in [3.8, 4) is 11.5 Å². The summed E-state index contributed by atoms with van der Waals surface area (Å²) in [6, 6.07) is 13.1. The van der Waals surface area contributed by atoms with Crippen LogP contribution in [0.4, 0.5) is 5.69 Å². The third kappa shape index (κ3) is 5.50. The lowest BCUT2D eigenvalue weighted by Gasteiger charge is -2.23. The summed E-state index contributed by atoms with van der Waals surface area (Å²) in [5, 5.41) is 2.72. The average Bonchev–Trinajstić information content (AvgIpc) is 3.11. The molecule has 0 spiro atoms. The van der Waals surface area contributed by atoms with Crippen LogP contribution < -0.4 is 14.8 Å². The second-order valence-corrected chi connectivity index (χ2v) is 9.29. The Kier molecular flexibility index (Phi) is 6.61. The predicted molar refractivity (Wildman–Crippen MR) is 113 cm³/mol. The maximum absolute atomic E-state index is 12.6. The van der Waals surface area contributed by atoms with Gasteiger partial charge in [0.1, 0.15) is 11.5 Å². The Hall–Kier alpha value is -3.07. The summed E-state index contributed by atoms with van der Waals surface area (Å²) in [5.74, 6) is 0.608. The Morgan fingerprint density at radius 2 is 1.87 bits per heavy atom. The van der Waals surface area contributed by atoms with Gasteiger partial charge in [-0.3, -0.25) is 9.59 Å². The van der Waals surface area contributed by atoms with Gasteiger partial charge in [0.2, 0.25) is 0 Å². The van der Waals surface area contributed by atoms with Gasteiger partial charge in [-0.1, -0.05) is 6.07 Å². The van der Waals surface area contributed by atoms with Gasteiger partial charge < -0.3 is 19.7 Å². The molecule has 3 rings (SSSR count). The van der Waals surface area contributed by atoms with Crippen LogP contribution in [0.25, 0.3) is 0 Å². The first-order chi connectivity index (χ1) is 14.3. The van der Waals surface area contributed by atoms with Crippen molar-refractivity contribution in [2.45, 2.75) is 12.5 Å². The van der Waals surface area contributed by atoms with Crippen LogP contribution in [-0.2, 0) is 14.6 Å². The number of carbonyl (C=O) groups excluding carboxylic acids is 2. The first kappa shape index (κ1) is 21.6. The van der Waals surface area contributed by atoms with Crippen LogP contribution in [0, 0.1) is 0 Å². The highest BCUT2D eigenvalue weighted by Gasteiger charge is 2.33. The molecule has 1 N–H and O–H groups in total. The molecule has 160 valence electrons. The van der Waals surface area contributed by atoms with E-state index < -0.39 is 9.84 Å². The summed E-state index contributed by atoms with van der Waals surface area (Å²) >= 11 is 0. The summed E-state index contributed by atoms with van der Waals surface area (Å²) in [6.07, 6.45) is 0.453. The first-order valence-corrected chi connectivity index (χ1v) is 11.2. The van der Waals surface area contributed by atoms with Crippen LogP contribution in [0.3, 0.4) is 0 Å². The second kappa shape index (κ2) is 9.17. The molecule has 8 nitrogen and oxygen atoms in total. The van der Waals surface area contributed by atoms with Crippen molar-refractivity contribution in [2.24, 2.45) is 0 Å². The van der Waals surface area contributed by atoms with Crippen LogP contribution in [0.1, 0.15) is 16.8 Å². The zero-order valence-electron chi connectivity index (χ0n) is 16.8. The first-order valence-electron chi connectivity index (χ1n) is 9.42. The Morgan fingerprint density at radius 1 is 1.13 bits per heavy atom. The SMILES string of the molecule is COc1cccc(NC(=O)COc2ccc(C(=O)N(C)[C@@H]3CCS(=O)(=O)C3)cc2)c1. The second-order valence-electron chi connectivity index (χ2n) is 7.07. The number of benzene rings is 2. The number of nitrogens with zero attached hydrogens (tertiary/aromatic N) is 1. The molecule has 1 aliphatic rings. The molecular formula is C21H24N2O6S. The molecule has 1 saturated heterocycles. The Balaban J connectivity index is 1.52. The summed E-state index contributed by atoms with van der Waals surface area (Å²) < 4.78 is 33.8. The van der Waals surface area contributed by atoms with Crippen LogP contribution in [0.5, 0.6) is 11.5 Å². The number of carbonyl (C=O) groups is 2. The molecule has 0 radical (unpaired) electrons. The fourth-order valence-corrected chi connectivity index (χ4v) is 4.97. The number of methoxy groups -OCH3 is 1. The zero-order chi connectivity index (χ0) is 21.7. The van der Waals surface area contributed by atoms with E-state index in [-0.39, 0.29) is 36.0 Å². The van der Waals surface area contributed by atoms with Crippen LogP contribution in [0.15, 0.2) is 48.5 Å². The van der Waals surface area contributed by atoms with Gasteiger partial charge in [-0.2, -0.15) is 0 Å². The highest BCUT2D eigenvalue weighted by atomic mass is 32.2. The maximum Gasteiger partial charge on any atom is 0.262 e. The van der Waals surface area contributed by atoms with Crippen molar-refractivity contribution < 1.29 is 27.5 Å². The van der Waals surface area contributed by atoms with E-state index in [2.05, 4.69) is 5.32 Å². The number of rotatable bonds is 7. The van der Waals surface area contributed by atoms with Crippen molar-refractivity contribution in [1.82, 2.24) is 4.90 Å². The number of hydrogen-bond acceptors (Lipinski definition) is 6. The number of sulfone groups is 1. The summed E-state index contributed by atoms with van der Waals surface area (Å²) in [5.41, 5.74) is 1.02. The molecule has 30 heavy (non-hydrogen) atoms. The molecule has 0 aliphatic carbocycles. The van der Waals surface area contributed by atoms with Crippen LogP contribution >= 0.6 is 0 Å². The highest BCUT2D eigenvalue weighted by Crippen LogP contribution is 2.20. The average molecular weight is 432 g/mol. The highest BCUT2D eigenvalue weighted by molar-refractivity contribution is 7.91. The lowest BCUT2D eigenvalue weighted by Crippen LogP contribution is -2.37. The number of amides is 2. The number of anilines is 1. The molecule has 1 fully saturated rings. The van der Waals surface area contributed by atoms with E-state index >= 15 is 0 Å². The smallest absolute Gasteiger partial charge is 0.262 e. The van der Waals surface area contributed by atoms with Crippen molar-refractivity contribution in [3.05, 3.63) is 54.1 Å². The molecule has 1 heterocycles. The fraction of sp³-hybridized carbons (Fsp3) is 0.333. The van der Waals surface area contributed by atoms with Crippen LogP contribution in [-0.4, -0.2) is 63.4 Å². The predicted octanol–water partition coefficient (Wildman–Crippen LogP) is 1.97. The van der Waals surface area contributed by atoms with Gasteiger partial charge in [0.05, 0.1) is 18.6 Å². The van der Waals surface area contributed by atoms with Crippen molar-refractivity contribution in [2.75, 3.05) is 37.6 Å². The minimum Gasteiger partial charge on any atom is -0.497 e. The molecule has 0 bridgehead atoms. The zero-order valence-corrected chi connectivity index (χ0v) is 17.6.